The van der Waals surface area contributed by atoms with Gasteiger partial charge in [0, 0.05) is 6.42 Å². The normalized spacial score (nSPS) is 12.1. The molecule has 0 aromatic heterocycles. The zero-order valence-corrected chi connectivity index (χ0v) is 8.81. The molecule has 0 amide bonds. The van der Waals surface area contributed by atoms with Gasteiger partial charge in [-0.3, -0.25) is 4.99 Å². The van der Waals surface area contributed by atoms with Crippen LogP contribution in [0.4, 0.5) is 0 Å². The van der Waals surface area contributed by atoms with Gasteiger partial charge in [-0.15, -0.1) is 0 Å². The van der Waals surface area contributed by atoms with Crippen LogP contribution in [0.25, 0.3) is 0 Å². The second kappa shape index (κ2) is 5.29. The summed E-state index contributed by atoms with van der Waals surface area (Å²) in [5.41, 5.74) is 2.22. The lowest BCUT2D eigenvalue weighted by Crippen LogP contribution is -2.20. The first-order chi connectivity index (χ1) is 7.19. The number of carbonyl (C=O) groups is 1. The number of aliphatic imine (C=N–C) groups is 1. The van der Waals surface area contributed by atoms with Crippen molar-refractivity contribution >= 4 is 12.7 Å². The van der Waals surface area contributed by atoms with Crippen molar-refractivity contribution in [2.75, 3.05) is 0 Å². The van der Waals surface area contributed by atoms with Gasteiger partial charge in [0.15, 0.2) is 6.04 Å². The maximum absolute atomic E-state index is 10.8. The summed E-state index contributed by atoms with van der Waals surface area (Å²) in [5.74, 6) is -0.920. The van der Waals surface area contributed by atoms with Crippen LogP contribution < -0.4 is 0 Å². The van der Waals surface area contributed by atoms with E-state index in [9.17, 15) is 4.79 Å². The molecule has 3 nitrogen and oxygen atoms in total. The first-order valence-electron chi connectivity index (χ1n) is 4.94. The monoisotopic (exact) mass is 205 g/mol. The van der Waals surface area contributed by atoms with Crippen molar-refractivity contribution in [3.63, 3.8) is 0 Å². The Balaban J connectivity index is 2.87. The van der Waals surface area contributed by atoms with Crippen molar-refractivity contribution in [1.29, 1.82) is 0 Å². The molecule has 1 rings (SSSR count). The quantitative estimate of drug-likeness (QED) is 0.747. The second-order valence-corrected chi connectivity index (χ2v) is 3.36. The standard InChI is InChI=1S/C12H15NO2/c1-3-9-6-4-5-7-10(9)8-11(13-2)12(14)15/h4-7,11H,2-3,8H2,1H3,(H,14,15)/t11-/m0/s1. The summed E-state index contributed by atoms with van der Waals surface area (Å²) in [5, 5.41) is 8.86. The smallest absolute Gasteiger partial charge is 0.328 e. The zero-order chi connectivity index (χ0) is 11.3. The van der Waals surface area contributed by atoms with E-state index in [1.807, 2.05) is 24.3 Å². The van der Waals surface area contributed by atoms with E-state index in [0.717, 1.165) is 12.0 Å². The summed E-state index contributed by atoms with van der Waals surface area (Å²) < 4.78 is 0. The number of aryl methyl sites for hydroxylation is 1. The van der Waals surface area contributed by atoms with Crippen LogP contribution in [0.3, 0.4) is 0 Å². The van der Waals surface area contributed by atoms with Crippen LogP contribution in [0.15, 0.2) is 29.3 Å². The average Bonchev–Trinajstić information content (AvgIpc) is 2.25. The fourth-order valence-corrected chi connectivity index (χ4v) is 1.54. The van der Waals surface area contributed by atoms with Crippen LogP contribution in [0, 0.1) is 0 Å². The van der Waals surface area contributed by atoms with E-state index in [0.29, 0.717) is 6.42 Å². The largest absolute Gasteiger partial charge is 0.480 e. The Morgan fingerprint density at radius 2 is 2.07 bits per heavy atom. The molecule has 0 spiro atoms. The maximum atomic E-state index is 10.8. The first-order valence-corrected chi connectivity index (χ1v) is 4.94. The van der Waals surface area contributed by atoms with Crippen LogP contribution in [0.5, 0.6) is 0 Å². The van der Waals surface area contributed by atoms with Crippen LogP contribution in [0.1, 0.15) is 18.1 Å². The molecule has 15 heavy (non-hydrogen) atoms. The molecule has 3 heteroatoms. The molecule has 0 saturated carbocycles. The summed E-state index contributed by atoms with van der Waals surface area (Å²) >= 11 is 0. The SMILES string of the molecule is C=N[C@@H](Cc1ccccc1CC)C(=O)O. The van der Waals surface area contributed by atoms with Crippen molar-refractivity contribution in [1.82, 2.24) is 0 Å². The molecule has 0 heterocycles. The van der Waals surface area contributed by atoms with E-state index in [1.165, 1.54) is 5.56 Å². The van der Waals surface area contributed by atoms with E-state index in [1.54, 1.807) is 0 Å². The molecule has 0 bridgehead atoms. The van der Waals surface area contributed by atoms with Crippen molar-refractivity contribution in [3.8, 4) is 0 Å². The summed E-state index contributed by atoms with van der Waals surface area (Å²) in [6.07, 6.45) is 1.32. The fourth-order valence-electron chi connectivity index (χ4n) is 1.54. The van der Waals surface area contributed by atoms with E-state index in [2.05, 4.69) is 18.6 Å². The average molecular weight is 205 g/mol. The van der Waals surface area contributed by atoms with E-state index in [-0.39, 0.29) is 0 Å². The Bertz CT molecular complexity index is 360. The third kappa shape index (κ3) is 2.91. The Labute approximate surface area is 89.5 Å². The Hall–Kier alpha value is -1.64. The number of nitrogens with zero attached hydrogens (tertiary/aromatic N) is 1. The van der Waals surface area contributed by atoms with Crippen LogP contribution >= 0.6 is 0 Å². The van der Waals surface area contributed by atoms with Crippen LogP contribution in [-0.4, -0.2) is 23.8 Å². The highest BCUT2D eigenvalue weighted by Gasteiger charge is 2.16. The molecule has 0 aliphatic heterocycles. The van der Waals surface area contributed by atoms with E-state index < -0.39 is 12.0 Å². The maximum Gasteiger partial charge on any atom is 0.328 e. The summed E-state index contributed by atoms with van der Waals surface area (Å²) in [6, 6.07) is 7.09. The predicted molar refractivity (Wildman–Crippen MR) is 60.5 cm³/mol. The number of aliphatic carboxylic acids is 1. The van der Waals surface area contributed by atoms with Gasteiger partial charge in [0.25, 0.3) is 0 Å². The van der Waals surface area contributed by atoms with Gasteiger partial charge in [-0.05, 0) is 24.3 Å². The summed E-state index contributed by atoms with van der Waals surface area (Å²) in [4.78, 5) is 14.4. The number of hydrogen-bond acceptors (Lipinski definition) is 2. The predicted octanol–water partition coefficient (Wildman–Crippen LogP) is 1.95. The topological polar surface area (TPSA) is 49.7 Å². The molecule has 0 unspecified atom stereocenters. The fraction of sp³-hybridized carbons (Fsp3) is 0.333. The van der Waals surface area contributed by atoms with Crippen LogP contribution in [0.2, 0.25) is 0 Å². The molecule has 0 aliphatic carbocycles. The molecular weight excluding hydrogens is 190 g/mol. The highest BCUT2D eigenvalue weighted by atomic mass is 16.4. The minimum absolute atomic E-state index is 0.419. The molecule has 0 fully saturated rings. The Kier molecular flexibility index (Phi) is 4.03. The van der Waals surface area contributed by atoms with Gasteiger partial charge >= 0.3 is 5.97 Å². The molecule has 0 saturated heterocycles. The third-order valence-electron chi connectivity index (χ3n) is 2.42. The number of rotatable bonds is 5. The minimum Gasteiger partial charge on any atom is -0.480 e. The van der Waals surface area contributed by atoms with Gasteiger partial charge < -0.3 is 5.11 Å². The van der Waals surface area contributed by atoms with Crippen molar-refractivity contribution < 1.29 is 9.90 Å². The highest BCUT2D eigenvalue weighted by Crippen LogP contribution is 2.13. The summed E-state index contributed by atoms with van der Waals surface area (Å²) in [6.45, 7) is 5.35. The Morgan fingerprint density at radius 3 is 2.53 bits per heavy atom. The Morgan fingerprint density at radius 1 is 1.47 bits per heavy atom. The zero-order valence-electron chi connectivity index (χ0n) is 8.81. The van der Waals surface area contributed by atoms with E-state index >= 15 is 0 Å². The van der Waals surface area contributed by atoms with Gasteiger partial charge in [-0.1, -0.05) is 31.2 Å². The van der Waals surface area contributed by atoms with Gasteiger partial charge in [-0.2, -0.15) is 0 Å². The minimum atomic E-state index is -0.920. The molecule has 0 aliphatic rings. The van der Waals surface area contributed by atoms with Crippen molar-refractivity contribution in [3.05, 3.63) is 35.4 Å². The molecule has 1 aromatic rings. The lowest BCUT2D eigenvalue weighted by molar-refractivity contribution is -0.138. The molecular formula is C12H15NO2. The molecule has 1 N–H and O–H groups in total. The third-order valence-corrected chi connectivity index (χ3v) is 2.42. The number of carboxylic acids is 1. The molecule has 1 aromatic carbocycles. The van der Waals surface area contributed by atoms with Crippen molar-refractivity contribution in [2.45, 2.75) is 25.8 Å². The van der Waals surface area contributed by atoms with Crippen molar-refractivity contribution in [2.24, 2.45) is 4.99 Å². The number of benzene rings is 1. The summed E-state index contributed by atoms with van der Waals surface area (Å²) in [7, 11) is 0. The molecule has 1 atom stereocenters. The number of carboxylic acid groups (broad SMARTS) is 1. The molecule has 80 valence electrons. The number of hydrogen-bond donors (Lipinski definition) is 1. The van der Waals surface area contributed by atoms with Gasteiger partial charge in [-0.25, -0.2) is 4.79 Å². The first kappa shape index (κ1) is 11.4. The highest BCUT2D eigenvalue weighted by molar-refractivity contribution is 5.75. The van der Waals surface area contributed by atoms with Gasteiger partial charge in [0.05, 0.1) is 0 Å². The molecule has 0 radical (unpaired) electrons. The lowest BCUT2D eigenvalue weighted by atomic mass is 9.99. The van der Waals surface area contributed by atoms with E-state index in [4.69, 9.17) is 5.11 Å². The van der Waals surface area contributed by atoms with Crippen LogP contribution in [-0.2, 0) is 17.6 Å². The second-order valence-electron chi connectivity index (χ2n) is 3.36. The van der Waals surface area contributed by atoms with Gasteiger partial charge in [0.2, 0.25) is 0 Å². The lowest BCUT2D eigenvalue weighted by Gasteiger charge is -2.10. The van der Waals surface area contributed by atoms with Gasteiger partial charge in [0.1, 0.15) is 0 Å².